The summed E-state index contributed by atoms with van der Waals surface area (Å²) < 4.78 is 24.3. The molecule has 7 heteroatoms. The molecule has 2 heterocycles. The Morgan fingerprint density at radius 1 is 1.64 bits per heavy atom. The molecule has 5 nitrogen and oxygen atoms in total. The molecule has 0 saturated carbocycles. The molecule has 0 radical (unpaired) electrons. The van der Waals surface area contributed by atoms with Gasteiger partial charge in [-0.1, -0.05) is 0 Å². The van der Waals surface area contributed by atoms with Gasteiger partial charge in [0, 0.05) is 30.8 Å². The van der Waals surface area contributed by atoms with Gasteiger partial charge in [-0.2, -0.15) is 9.40 Å². The highest BCUT2D eigenvalue weighted by Crippen LogP contribution is 2.19. The highest BCUT2D eigenvalue weighted by atomic mass is 35.5. The second-order valence-electron chi connectivity index (χ2n) is 3.18. The second-order valence-corrected chi connectivity index (χ2v) is 5.73. The van der Waals surface area contributed by atoms with E-state index in [1.165, 1.54) is 4.31 Å². The first kappa shape index (κ1) is 9.95. The van der Waals surface area contributed by atoms with Gasteiger partial charge in [0.25, 0.3) is 0 Å². The zero-order valence-corrected chi connectivity index (χ0v) is 8.98. The molecule has 0 unspecified atom stereocenters. The Kier molecular flexibility index (Phi) is 2.50. The van der Waals surface area contributed by atoms with E-state index in [4.69, 9.17) is 11.6 Å². The minimum atomic E-state index is -3.28. The van der Waals surface area contributed by atoms with E-state index >= 15 is 0 Å². The molecule has 1 aromatic heterocycles. The van der Waals surface area contributed by atoms with E-state index in [2.05, 4.69) is 10.2 Å². The quantitative estimate of drug-likeness (QED) is 0.750. The molecule has 1 N–H and O–H groups in total. The molecule has 0 bridgehead atoms. The predicted molar refractivity (Wildman–Crippen MR) is 52.3 cm³/mol. The van der Waals surface area contributed by atoms with Gasteiger partial charge in [0.2, 0.25) is 10.0 Å². The number of alkyl halides is 1. The normalized spacial score (nSPS) is 18.1. The van der Waals surface area contributed by atoms with Crippen molar-refractivity contribution < 1.29 is 8.42 Å². The van der Waals surface area contributed by atoms with Crippen molar-refractivity contribution in [2.24, 2.45) is 0 Å². The summed E-state index contributed by atoms with van der Waals surface area (Å²) >= 11 is 5.37. The van der Waals surface area contributed by atoms with Crippen molar-refractivity contribution in [2.45, 2.75) is 13.0 Å². The molecule has 1 aliphatic rings. The number of hydrogen-bond acceptors (Lipinski definition) is 3. The highest BCUT2D eigenvalue weighted by molar-refractivity contribution is 7.90. The van der Waals surface area contributed by atoms with Crippen molar-refractivity contribution in [2.75, 3.05) is 11.8 Å². The molecule has 2 rings (SSSR count). The number of halogens is 1. The van der Waals surface area contributed by atoms with E-state index in [1.54, 1.807) is 6.20 Å². The van der Waals surface area contributed by atoms with Crippen LogP contribution < -0.4 is 0 Å². The number of aromatic amines is 1. The zero-order chi connectivity index (χ0) is 10.2. The number of aromatic nitrogens is 2. The largest absolute Gasteiger partial charge is 0.282 e. The third-order valence-corrected chi connectivity index (χ3v) is 4.50. The third kappa shape index (κ3) is 1.65. The summed E-state index contributed by atoms with van der Waals surface area (Å²) in [6.07, 6.45) is 2.33. The molecule has 0 aliphatic carbocycles. The Bertz CT molecular complexity index is 428. The lowest BCUT2D eigenvalue weighted by Crippen LogP contribution is -2.36. The van der Waals surface area contributed by atoms with E-state index in [0.717, 1.165) is 11.3 Å². The smallest absolute Gasteiger partial charge is 0.228 e. The maximum atomic E-state index is 11.4. The van der Waals surface area contributed by atoms with Crippen molar-refractivity contribution in [3.8, 4) is 0 Å². The van der Waals surface area contributed by atoms with Crippen LogP contribution in [0.3, 0.4) is 0 Å². The number of rotatable bonds is 2. The van der Waals surface area contributed by atoms with Gasteiger partial charge in [0.1, 0.15) is 5.21 Å². The molecule has 14 heavy (non-hydrogen) atoms. The molecule has 1 aromatic rings. The Morgan fingerprint density at radius 3 is 3.14 bits per heavy atom. The average Bonchev–Trinajstić information content (AvgIpc) is 2.64. The Morgan fingerprint density at radius 2 is 2.43 bits per heavy atom. The van der Waals surface area contributed by atoms with Gasteiger partial charge in [0.15, 0.2) is 0 Å². The first-order valence-corrected chi connectivity index (χ1v) is 6.33. The molecule has 78 valence electrons. The van der Waals surface area contributed by atoms with Crippen LogP contribution in [-0.2, 0) is 23.0 Å². The van der Waals surface area contributed by atoms with Crippen LogP contribution in [0.15, 0.2) is 6.20 Å². The summed E-state index contributed by atoms with van der Waals surface area (Å²) in [5.41, 5.74) is 1.95. The van der Waals surface area contributed by atoms with Crippen LogP contribution in [-0.4, -0.2) is 34.7 Å². The number of nitrogens with zero attached hydrogens (tertiary/aromatic N) is 2. The van der Waals surface area contributed by atoms with E-state index < -0.39 is 10.0 Å². The van der Waals surface area contributed by atoms with Crippen LogP contribution in [0.5, 0.6) is 0 Å². The van der Waals surface area contributed by atoms with Crippen LogP contribution in [0.25, 0.3) is 0 Å². The Labute approximate surface area is 87.1 Å². The minimum absolute atomic E-state index is 0.361. The summed E-state index contributed by atoms with van der Waals surface area (Å²) in [6, 6.07) is 0. The Balaban J connectivity index is 2.23. The summed E-state index contributed by atoms with van der Waals surface area (Å²) in [6.45, 7) is 0.852. The van der Waals surface area contributed by atoms with Crippen LogP contribution in [0.1, 0.15) is 11.3 Å². The minimum Gasteiger partial charge on any atom is -0.282 e. The van der Waals surface area contributed by atoms with E-state index in [0.29, 0.717) is 19.5 Å². The van der Waals surface area contributed by atoms with Gasteiger partial charge in [0.05, 0.1) is 6.20 Å². The summed E-state index contributed by atoms with van der Waals surface area (Å²) in [5.74, 6) is 0. The standard InChI is InChI=1S/C7H10ClN3O2S/c8-5-14(12,13)11-2-1-7-6(4-11)3-9-10-7/h3H,1-2,4-5H2,(H,9,10). The summed E-state index contributed by atoms with van der Waals surface area (Å²) in [7, 11) is -3.28. The molecule has 0 atom stereocenters. The van der Waals surface area contributed by atoms with Crippen LogP contribution >= 0.6 is 11.6 Å². The predicted octanol–water partition coefficient (Wildman–Crippen LogP) is 0.294. The topological polar surface area (TPSA) is 66.1 Å². The van der Waals surface area contributed by atoms with Crippen LogP contribution in [0.4, 0.5) is 0 Å². The van der Waals surface area contributed by atoms with Crippen molar-refractivity contribution in [3.05, 3.63) is 17.5 Å². The third-order valence-electron chi connectivity index (χ3n) is 2.30. The monoisotopic (exact) mass is 235 g/mol. The average molecular weight is 236 g/mol. The molecule has 0 amide bonds. The SMILES string of the molecule is O=S(=O)(CCl)N1CCc2[nH]ncc2C1. The van der Waals surface area contributed by atoms with Crippen molar-refractivity contribution >= 4 is 21.6 Å². The lowest BCUT2D eigenvalue weighted by molar-refractivity contribution is 0.392. The fourth-order valence-corrected chi connectivity index (χ4v) is 2.76. The van der Waals surface area contributed by atoms with Crippen molar-refractivity contribution in [1.29, 1.82) is 0 Å². The van der Waals surface area contributed by atoms with Gasteiger partial charge < -0.3 is 0 Å². The molecule has 0 spiro atoms. The molecule has 1 aliphatic heterocycles. The lowest BCUT2D eigenvalue weighted by atomic mass is 10.1. The maximum absolute atomic E-state index is 11.4. The van der Waals surface area contributed by atoms with Crippen LogP contribution in [0, 0.1) is 0 Å². The van der Waals surface area contributed by atoms with Gasteiger partial charge in [-0.3, -0.25) is 5.10 Å². The van der Waals surface area contributed by atoms with Gasteiger partial charge in [-0.05, 0) is 0 Å². The van der Waals surface area contributed by atoms with Gasteiger partial charge in [-0.25, -0.2) is 8.42 Å². The van der Waals surface area contributed by atoms with E-state index in [1.807, 2.05) is 0 Å². The van der Waals surface area contributed by atoms with E-state index in [9.17, 15) is 8.42 Å². The lowest BCUT2D eigenvalue weighted by Gasteiger charge is -2.24. The molecule has 0 aromatic carbocycles. The number of nitrogens with one attached hydrogen (secondary N) is 1. The fraction of sp³-hybridized carbons (Fsp3) is 0.571. The highest BCUT2D eigenvalue weighted by Gasteiger charge is 2.26. The fourth-order valence-electron chi connectivity index (χ4n) is 1.50. The molecule has 0 fully saturated rings. The van der Waals surface area contributed by atoms with Crippen molar-refractivity contribution in [3.63, 3.8) is 0 Å². The summed E-state index contributed by atoms with van der Waals surface area (Å²) in [4.78, 5) is 0. The second kappa shape index (κ2) is 3.52. The maximum Gasteiger partial charge on any atom is 0.228 e. The van der Waals surface area contributed by atoms with Crippen LogP contribution in [0.2, 0.25) is 0 Å². The molecule has 0 saturated heterocycles. The van der Waals surface area contributed by atoms with Gasteiger partial charge >= 0.3 is 0 Å². The van der Waals surface area contributed by atoms with Gasteiger partial charge in [-0.15, -0.1) is 11.6 Å². The summed E-state index contributed by atoms with van der Waals surface area (Å²) in [5, 5.41) is 6.35. The number of sulfonamides is 1. The van der Waals surface area contributed by atoms with E-state index in [-0.39, 0.29) is 5.21 Å². The Hall–Kier alpha value is -0.590. The molecular weight excluding hydrogens is 226 g/mol. The zero-order valence-electron chi connectivity index (χ0n) is 7.40. The number of hydrogen-bond donors (Lipinski definition) is 1. The number of fused-ring (bicyclic) bond motifs is 1. The molecular formula is C7H10ClN3O2S. The first-order valence-electron chi connectivity index (χ1n) is 4.18. The number of H-pyrrole nitrogens is 1. The van der Waals surface area contributed by atoms with Crippen molar-refractivity contribution in [1.82, 2.24) is 14.5 Å². The first-order chi connectivity index (χ1) is 6.63.